The van der Waals surface area contributed by atoms with E-state index in [-0.39, 0.29) is 18.7 Å². The summed E-state index contributed by atoms with van der Waals surface area (Å²) in [4.78, 5) is 17.3. The maximum atomic E-state index is 12.8. The van der Waals surface area contributed by atoms with Crippen LogP contribution in [0.2, 0.25) is 0 Å². The van der Waals surface area contributed by atoms with Crippen LogP contribution in [-0.4, -0.2) is 48.8 Å². The van der Waals surface area contributed by atoms with Crippen molar-refractivity contribution in [2.75, 3.05) is 33.4 Å². The Kier molecular flexibility index (Phi) is 5.84. The van der Waals surface area contributed by atoms with Gasteiger partial charge in [-0.25, -0.2) is 4.68 Å². The SMILES string of the molecule is COc1cc(OC)cc(C(=O)Nc2ccc(-n3nc(OC)nc3-c3ccc4c(c3)OCO4)cc2)c1. The number of anilines is 1. The highest BCUT2D eigenvalue weighted by Gasteiger charge is 2.19. The first-order valence-corrected chi connectivity index (χ1v) is 10.6. The number of amides is 1. The number of aromatic nitrogens is 3. The Balaban J connectivity index is 1.40. The summed E-state index contributed by atoms with van der Waals surface area (Å²) in [6, 6.07) is 18.0. The van der Waals surface area contributed by atoms with Gasteiger partial charge >= 0.3 is 6.01 Å². The van der Waals surface area contributed by atoms with Crippen molar-refractivity contribution in [2.45, 2.75) is 0 Å². The molecule has 1 aliphatic rings. The highest BCUT2D eigenvalue weighted by molar-refractivity contribution is 6.04. The molecule has 178 valence electrons. The van der Waals surface area contributed by atoms with Gasteiger partial charge in [-0.05, 0) is 54.6 Å². The second kappa shape index (κ2) is 9.26. The highest BCUT2D eigenvalue weighted by atomic mass is 16.7. The summed E-state index contributed by atoms with van der Waals surface area (Å²) < 4.78 is 28.3. The van der Waals surface area contributed by atoms with Crippen LogP contribution in [0, 0.1) is 0 Å². The van der Waals surface area contributed by atoms with Crippen LogP contribution >= 0.6 is 0 Å². The monoisotopic (exact) mass is 474 g/mol. The number of carbonyl (C=O) groups is 1. The van der Waals surface area contributed by atoms with Gasteiger partial charge in [-0.2, -0.15) is 4.98 Å². The van der Waals surface area contributed by atoms with Crippen LogP contribution in [-0.2, 0) is 0 Å². The largest absolute Gasteiger partial charge is 0.497 e. The van der Waals surface area contributed by atoms with Crippen molar-refractivity contribution in [3.05, 3.63) is 66.2 Å². The van der Waals surface area contributed by atoms with Crippen LogP contribution in [0.3, 0.4) is 0 Å². The number of fused-ring (bicyclic) bond motifs is 1. The normalized spacial score (nSPS) is 11.7. The van der Waals surface area contributed by atoms with Crippen molar-refractivity contribution in [2.24, 2.45) is 0 Å². The number of hydrogen-bond donors (Lipinski definition) is 1. The quantitative estimate of drug-likeness (QED) is 0.429. The molecule has 10 nitrogen and oxygen atoms in total. The third kappa shape index (κ3) is 4.41. The summed E-state index contributed by atoms with van der Waals surface area (Å²) in [7, 11) is 4.58. The maximum absolute atomic E-state index is 12.8. The molecule has 1 aliphatic heterocycles. The fourth-order valence-electron chi connectivity index (χ4n) is 3.61. The van der Waals surface area contributed by atoms with Gasteiger partial charge in [0.05, 0.1) is 27.0 Å². The van der Waals surface area contributed by atoms with Crippen LogP contribution in [0.15, 0.2) is 60.7 Å². The molecule has 2 heterocycles. The summed E-state index contributed by atoms with van der Waals surface area (Å²) in [5.41, 5.74) is 2.54. The Bertz CT molecular complexity index is 1360. The van der Waals surface area contributed by atoms with E-state index in [0.717, 1.165) is 11.3 Å². The van der Waals surface area contributed by atoms with Gasteiger partial charge in [0.15, 0.2) is 17.3 Å². The average molecular weight is 474 g/mol. The molecule has 3 aromatic carbocycles. The molecule has 0 saturated heterocycles. The van der Waals surface area contributed by atoms with E-state index >= 15 is 0 Å². The van der Waals surface area contributed by atoms with Gasteiger partial charge in [-0.15, -0.1) is 5.10 Å². The molecule has 0 radical (unpaired) electrons. The number of benzene rings is 3. The van der Waals surface area contributed by atoms with Crippen molar-refractivity contribution in [3.8, 4) is 46.1 Å². The fourth-order valence-corrected chi connectivity index (χ4v) is 3.61. The zero-order valence-corrected chi connectivity index (χ0v) is 19.3. The molecule has 0 spiro atoms. The number of methoxy groups -OCH3 is 3. The van der Waals surface area contributed by atoms with Crippen molar-refractivity contribution in [1.82, 2.24) is 14.8 Å². The molecule has 1 amide bonds. The Morgan fingerprint density at radius 2 is 1.60 bits per heavy atom. The van der Waals surface area contributed by atoms with Crippen LogP contribution in [0.25, 0.3) is 17.1 Å². The van der Waals surface area contributed by atoms with Crippen LogP contribution in [0.5, 0.6) is 29.0 Å². The standard InChI is InChI=1S/C25H22N4O6/c1-31-19-10-16(11-20(13-19)32-2)24(30)26-17-5-7-18(8-6-17)29-23(27-25(28-29)33-3)15-4-9-21-22(12-15)35-14-34-21/h4-13H,14H2,1-3H3,(H,26,30). The molecule has 0 saturated carbocycles. The lowest BCUT2D eigenvalue weighted by Gasteiger charge is -2.10. The molecule has 0 aliphatic carbocycles. The van der Waals surface area contributed by atoms with Gasteiger partial charge < -0.3 is 29.0 Å². The molecule has 0 fully saturated rings. The molecule has 5 rings (SSSR count). The summed E-state index contributed by atoms with van der Waals surface area (Å²) in [6.07, 6.45) is 0. The van der Waals surface area contributed by atoms with Crippen molar-refractivity contribution in [3.63, 3.8) is 0 Å². The predicted octanol–water partition coefficient (Wildman–Crippen LogP) is 3.94. The second-order valence-corrected chi connectivity index (χ2v) is 7.50. The molecular weight excluding hydrogens is 452 g/mol. The molecule has 35 heavy (non-hydrogen) atoms. The third-order valence-corrected chi connectivity index (χ3v) is 5.38. The van der Waals surface area contributed by atoms with Gasteiger partial charge in [-0.3, -0.25) is 4.79 Å². The van der Waals surface area contributed by atoms with Gasteiger partial charge in [0.25, 0.3) is 5.91 Å². The van der Waals surface area contributed by atoms with Gasteiger partial charge in [-0.1, -0.05) is 0 Å². The number of hydrogen-bond acceptors (Lipinski definition) is 8. The molecule has 10 heteroatoms. The Morgan fingerprint density at radius 1 is 0.886 bits per heavy atom. The Hall–Kier alpha value is -4.73. The number of rotatable bonds is 7. The first-order valence-electron chi connectivity index (χ1n) is 10.6. The maximum Gasteiger partial charge on any atom is 0.336 e. The lowest BCUT2D eigenvalue weighted by molar-refractivity contribution is 0.102. The molecule has 0 atom stereocenters. The smallest absolute Gasteiger partial charge is 0.336 e. The molecule has 0 unspecified atom stereocenters. The molecule has 0 bridgehead atoms. The van der Waals surface area contributed by atoms with E-state index in [4.69, 9.17) is 23.7 Å². The van der Waals surface area contributed by atoms with Crippen LogP contribution in [0.4, 0.5) is 5.69 Å². The van der Waals surface area contributed by atoms with Gasteiger partial charge in [0.2, 0.25) is 6.79 Å². The zero-order chi connectivity index (χ0) is 24.4. The average Bonchev–Trinajstić information content (AvgIpc) is 3.55. The first kappa shape index (κ1) is 22.1. The minimum absolute atomic E-state index is 0.185. The van der Waals surface area contributed by atoms with E-state index in [9.17, 15) is 4.79 Å². The second-order valence-electron chi connectivity index (χ2n) is 7.50. The van der Waals surface area contributed by atoms with Gasteiger partial charge in [0, 0.05) is 22.9 Å². The van der Waals surface area contributed by atoms with E-state index in [1.54, 1.807) is 35.0 Å². The molecule has 1 N–H and O–H groups in total. The van der Waals surface area contributed by atoms with E-state index < -0.39 is 0 Å². The minimum Gasteiger partial charge on any atom is -0.497 e. The number of ether oxygens (including phenoxy) is 5. The molecular formula is C25H22N4O6. The molecule has 4 aromatic rings. The zero-order valence-electron chi connectivity index (χ0n) is 19.3. The van der Waals surface area contributed by atoms with E-state index in [1.807, 2.05) is 30.3 Å². The van der Waals surface area contributed by atoms with Crippen LogP contribution < -0.4 is 29.0 Å². The number of carbonyl (C=O) groups excluding carboxylic acids is 1. The van der Waals surface area contributed by atoms with Gasteiger partial charge in [0.1, 0.15) is 11.5 Å². The van der Waals surface area contributed by atoms with Crippen molar-refractivity contribution < 1.29 is 28.5 Å². The number of nitrogens with one attached hydrogen (secondary N) is 1. The lowest BCUT2D eigenvalue weighted by atomic mass is 10.1. The first-order chi connectivity index (χ1) is 17.1. The van der Waals surface area contributed by atoms with Crippen molar-refractivity contribution in [1.29, 1.82) is 0 Å². The third-order valence-electron chi connectivity index (χ3n) is 5.38. The summed E-state index contributed by atoms with van der Waals surface area (Å²) in [5, 5.41) is 7.32. The Labute approximate surface area is 201 Å². The van der Waals surface area contributed by atoms with Crippen LogP contribution in [0.1, 0.15) is 10.4 Å². The topological polar surface area (TPSA) is 106 Å². The minimum atomic E-state index is -0.293. The predicted molar refractivity (Wildman–Crippen MR) is 127 cm³/mol. The Morgan fingerprint density at radius 3 is 2.29 bits per heavy atom. The number of nitrogens with zero attached hydrogens (tertiary/aromatic N) is 3. The van der Waals surface area contributed by atoms with E-state index in [0.29, 0.717) is 40.1 Å². The van der Waals surface area contributed by atoms with E-state index in [2.05, 4.69) is 15.4 Å². The summed E-state index contributed by atoms with van der Waals surface area (Å²) in [5.74, 6) is 2.66. The molecule has 1 aromatic heterocycles. The highest BCUT2D eigenvalue weighted by Crippen LogP contribution is 2.36. The summed E-state index contributed by atoms with van der Waals surface area (Å²) in [6.45, 7) is 0.185. The summed E-state index contributed by atoms with van der Waals surface area (Å²) >= 11 is 0. The lowest BCUT2D eigenvalue weighted by Crippen LogP contribution is -2.12. The fraction of sp³-hybridized carbons (Fsp3) is 0.160. The van der Waals surface area contributed by atoms with E-state index in [1.165, 1.54) is 21.3 Å². The van der Waals surface area contributed by atoms with Crippen molar-refractivity contribution >= 4 is 11.6 Å².